The molecular formula is C16H26F2N4. The van der Waals surface area contributed by atoms with Crippen LogP contribution in [0.5, 0.6) is 0 Å². The molecule has 1 aromatic carbocycles. The van der Waals surface area contributed by atoms with E-state index in [2.05, 4.69) is 41.4 Å². The van der Waals surface area contributed by atoms with Crippen molar-refractivity contribution in [1.82, 2.24) is 15.5 Å². The van der Waals surface area contributed by atoms with Crippen LogP contribution in [0.3, 0.4) is 0 Å². The number of halogens is 2. The molecule has 22 heavy (non-hydrogen) atoms. The molecule has 0 amide bonds. The van der Waals surface area contributed by atoms with Gasteiger partial charge in [0.05, 0.1) is 0 Å². The van der Waals surface area contributed by atoms with Gasteiger partial charge in [-0.2, -0.15) is 0 Å². The van der Waals surface area contributed by atoms with Gasteiger partial charge in [0, 0.05) is 38.3 Å². The van der Waals surface area contributed by atoms with Gasteiger partial charge in [-0.3, -0.25) is 4.99 Å². The van der Waals surface area contributed by atoms with Gasteiger partial charge >= 0.3 is 0 Å². The predicted octanol–water partition coefficient (Wildman–Crippen LogP) is 2.36. The van der Waals surface area contributed by atoms with Crippen molar-refractivity contribution in [2.24, 2.45) is 4.99 Å². The smallest absolute Gasteiger partial charge is 0.191 e. The van der Waals surface area contributed by atoms with Crippen LogP contribution in [-0.4, -0.2) is 44.1 Å². The first-order valence-corrected chi connectivity index (χ1v) is 7.56. The number of hydrogen-bond acceptors (Lipinski definition) is 2. The first-order valence-electron chi connectivity index (χ1n) is 7.56. The summed E-state index contributed by atoms with van der Waals surface area (Å²) in [6, 6.07) is 3.95. The molecule has 2 N–H and O–H groups in total. The van der Waals surface area contributed by atoms with Gasteiger partial charge in [0.1, 0.15) is 11.6 Å². The van der Waals surface area contributed by atoms with Crippen LogP contribution in [0, 0.1) is 11.6 Å². The Balaban J connectivity index is 2.41. The Kier molecular flexibility index (Phi) is 7.80. The lowest BCUT2D eigenvalue weighted by Crippen LogP contribution is -2.42. The number of guanidine groups is 1. The Bertz CT molecular complexity index is 491. The third-order valence-electron chi connectivity index (χ3n) is 3.78. The molecule has 0 radical (unpaired) electrons. The van der Waals surface area contributed by atoms with Crippen molar-refractivity contribution < 1.29 is 8.78 Å². The zero-order valence-corrected chi connectivity index (χ0v) is 13.8. The summed E-state index contributed by atoms with van der Waals surface area (Å²) in [5.41, 5.74) is 0.277. The Hall–Kier alpha value is -1.69. The normalized spacial score (nSPS) is 13.3. The van der Waals surface area contributed by atoms with E-state index in [1.54, 1.807) is 7.05 Å². The molecule has 0 aliphatic heterocycles. The molecule has 1 atom stereocenters. The Morgan fingerprint density at radius 2 is 2.05 bits per heavy atom. The lowest BCUT2D eigenvalue weighted by Gasteiger charge is -2.24. The maximum atomic E-state index is 13.5. The predicted molar refractivity (Wildman–Crippen MR) is 86.9 cm³/mol. The van der Waals surface area contributed by atoms with Crippen molar-refractivity contribution in [3.63, 3.8) is 0 Å². The minimum absolute atomic E-state index is 0.185. The molecule has 1 aromatic rings. The van der Waals surface area contributed by atoms with E-state index in [1.165, 1.54) is 6.07 Å². The lowest BCUT2D eigenvalue weighted by molar-refractivity contribution is 0.255. The number of benzene rings is 1. The van der Waals surface area contributed by atoms with Gasteiger partial charge in [-0.05, 0) is 38.6 Å². The van der Waals surface area contributed by atoms with Crippen LogP contribution in [-0.2, 0) is 6.54 Å². The van der Waals surface area contributed by atoms with Crippen LogP contribution in [0.1, 0.15) is 25.8 Å². The molecule has 124 valence electrons. The van der Waals surface area contributed by atoms with Gasteiger partial charge in [-0.1, -0.05) is 6.92 Å². The molecule has 0 heterocycles. The molecule has 6 heteroatoms. The largest absolute Gasteiger partial charge is 0.355 e. The molecule has 4 nitrogen and oxygen atoms in total. The van der Waals surface area contributed by atoms with Crippen molar-refractivity contribution in [2.75, 3.05) is 27.2 Å². The third-order valence-corrected chi connectivity index (χ3v) is 3.78. The summed E-state index contributed by atoms with van der Waals surface area (Å²) in [7, 11) is 3.73. The second-order valence-electron chi connectivity index (χ2n) is 5.33. The summed E-state index contributed by atoms with van der Waals surface area (Å²) in [5, 5.41) is 6.15. The van der Waals surface area contributed by atoms with Gasteiger partial charge in [0.15, 0.2) is 5.96 Å². The van der Waals surface area contributed by atoms with E-state index < -0.39 is 11.6 Å². The van der Waals surface area contributed by atoms with Gasteiger partial charge in [-0.25, -0.2) is 8.78 Å². The van der Waals surface area contributed by atoms with Crippen molar-refractivity contribution in [3.8, 4) is 0 Å². The lowest BCUT2D eigenvalue weighted by atomic mass is 10.2. The molecular weight excluding hydrogens is 286 g/mol. The van der Waals surface area contributed by atoms with E-state index in [-0.39, 0.29) is 12.1 Å². The number of nitrogens with zero attached hydrogens (tertiary/aromatic N) is 2. The molecule has 0 spiro atoms. The maximum Gasteiger partial charge on any atom is 0.191 e. The van der Waals surface area contributed by atoms with Crippen LogP contribution >= 0.6 is 0 Å². The summed E-state index contributed by atoms with van der Waals surface area (Å²) in [4.78, 5) is 6.33. The first kappa shape index (κ1) is 18.4. The van der Waals surface area contributed by atoms with Gasteiger partial charge in [-0.15, -0.1) is 0 Å². The second-order valence-corrected chi connectivity index (χ2v) is 5.33. The van der Waals surface area contributed by atoms with Crippen molar-refractivity contribution in [3.05, 3.63) is 35.4 Å². The van der Waals surface area contributed by atoms with Crippen LogP contribution < -0.4 is 10.6 Å². The van der Waals surface area contributed by atoms with E-state index in [0.717, 1.165) is 31.6 Å². The van der Waals surface area contributed by atoms with E-state index in [1.807, 2.05) is 0 Å². The fourth-order valence-electron chi connectivity index (χ4n) is 1.96. The topological polar surface area (TPSA) is 39.7 Å². The molecule has 0 aliphatic rings. The number of aliphatic imine (C=N–C) groups is 1. The molecule has 0 aromatic heterocycles. The quantitative estimate of drug-likeness (QED) is 0.600. The SMILES string of the molecule is CCC(C)N(C)CCNC(=NC)NCc1cc(F)ccc1F. The number of hydrogen-bond donors (Lipinski definition) is 2. The van der Waals surface area contributed by atoms with Crippen molar-refractivity contribution >= 4 is 5.96 Å². The highest BCUT2D eigenvalue weighted by atomic mass is 19.1. The van der Waals surface area contributed by atoms with Crippen LogP contribution in [0.25, 0.3) is 0 Å². The Morgan fingerprint density at radius 1 is 1.32 bits per heavy atom. The molecule has 1 unspecified atom stereocenters. The van der Waals surface area contributed by atoms with Crippen LogP contribution in [0.15, 0.2) is 23.2 Å². The zero-order chi connectivity index (χ0) is 16.5. The highest BCUT2D eigenvalue weighted by Crippen LogP contribution is 2.09. The second kappa shape index (κ2) is 9.35. The summed E-state index contributed by atoms with van der Waals surface area (Å²) in [6.45, 7) is 6.13. The molecule has 0 fully saturated rings. The highest BCUT2D eigenvalue weighted by Gasteiger charge is 2.07. The number of nitrogens with one attached hydrogen (secondary N) is 2. The summed E-state index contributed by atoms with van der Waals surface area (Å²) in [5.74, 6) is -0.307. The summed E-state index contributed by atoms with van der Waals surface area (Å²) in [6.07, 6.45) is 1.10. The third kappa shape index (κ3) is 5.97. The van der Waals surface area contributed by atoms with Crippen LogP contribution in [0.2, 0.25) is 0 Å². The molecule has 0 bridgehead atoms. The van der Waals surface area contributed by atoms with E-state index in [4.69, 9.17) is 0 Å². The number of rotatable bonds is 7. The Labute approximate surface area is 131 Å². The average Bonchev–Trinajstić information content (AvgIpc) is 2.52. The highest BCUT2D eigenvalue weighted by molar-refractivity contribution is 5.79. The average molecular weight is 312 g/mol. The Morgan fingerprint density at radius 3 is 2.68 bits per heavy atom. The minimum Gasteiger partial charge on any atom is -0.355 e. The number of likely N-dealkylation sites (N-methyl/N-ethyl adjacent to an activating group) is 1. The fraction of sp³-hybridized carbons (Fsp3) is 0.562. The first-order chi connectivity index (χ1) is 10.5. The fourth-order valence-corrected chi connectivity index (χ4v) is 1.96. The standard InChI is InChI=1S/C16H26F2N4/c1-5-12(2)22(4)9-8-20-16(19-3)21-11-13-10-14(17)6-7-15(13)18/h6-7,10,12H,5,8-9,11H2,1-4H3,(H2,19,20,21). The molecule has 0 saturated heterocycles. The van der Waals surface area contributed by atoms with Gasteiger partial charge in [0.25, 0.3) is 0 Å². The zero-order valence-electron chi connectivity index (χ0n) is 13.8. The van der Waals surface area contributed by atoms with E-state index >= 15 is 0 Å². The molecule has 0 aliphatic carbocycles. The summed E-state index contributed by atoms with van der Waals surface area (Å²) >= 11 is 0. The maximum absolute atomic E-state index is 13.5. The van der Waals surface area contributed by atoms with Crippen LogP contribution in [0.4, 0.5) is 8.78 Å². The van der Waals surface area contributed by atoms with Crippen molar-refractivity contribution in [2.45, 2.75) is 32.9 Å². The molecule has 1 rings (SSSR count). The van der Waals surface area contributed by atoms with E-state index in [0.29, 0.717) is 12.0 Å². The summed E-state index contributed by atoms with van der Waals surface area (Å²) < 4.78 is 26.6. The monoisotopic (exact) mass is 312 g/mol. The van der Waals surface area contributed by atoms with Crippen molar-refractivity contribution in [1.29, 1.82) is 0 Å². The van der Waals surface area contributed by atoms with Gasteiger partial charge < -0.3 is 15.5 Å². The minimum atomic E-state index is -0.448. The van der Waals surface area contributed by atoms with Gasteiger partial charge in [0.2, 0.25) is 0 Å². The molecule has 0 saturated carbocycles. The van der Waals surface area contributed by atoms with E-state index in [9.17, 15) is 8.78 Å².